The molecule has 0 aromatic heterocycles. The van der Waals surface area contributed by atoms with Crippen LogP contribution in [0.5, 0.6) is 0 Å². The van der Waals surface area contributed by atoms with E-state index in [4.69, 9.17) is 4.74 Å². The highest BCUT2D eigenvalue weighted by atomic mass is 79.9. The molecule has 5 nitrogen and oxygen atoms in total. The van der Waals surface area contributed by atoms with E-state index in [0.29, 0.717) is 12.1 Å². The second kappa shape index (κ2) is 14.9. The Labute approximate surface area is 198 Å². The van der Waals surface area contributed by atoms with Gasteiger partial charge in [-0.05, 0) is 95.8 Å². The lowest BCUT2D eigenvalue weighted by atomic mass is 9.92. The first-order valence-electron chi connectivity index (χ1n) is 12.1. The van der Waals surface area contributed by atoms with Crippen molar-refractivity contribution in [3.63, 3.8) is 0 Å². The van der Waals surface area contributed by atoms with E-state index in [1.165, 1.54) is 45.2 Å². The number of ether oxygens (including phenoxy) is 1. The zero-order chi connectivity index (χ0) is 22.5. The van der Waals surface area contributed by atoms with Crippen molar-refractivity contribution in [3.05, 3.63) is 28.7 Å². The molecular formula is C25H42BrN3O2. The summed E-state index contributed by atoms with van der Waals surface area (Å²) in [5.41, 5.74) is 0.823. The van der Waals surface area contributed by atoms with Crippen molar-refractivity contribution in [1.29, 1.82) is 0 Å². The number of anilines is 1. The van der Waals surface area contributed by atoms with E-state index >= 15 is 0 Å². The number of unbranched alkanes of at least 4 members (excludes halogenated alkanes) is 4. The highest BCUT2D eigenvalue weighted by Gasteiger charge is 2.27. The predicted molar refractivity (Wildman–Crippen MR) is 134 cm³/mol. The number of hydrogen-bond donors (Lipinski definition) is 1. The molecule has 0 spiro atoms. The Bertz CT molecular complexity index is 618. The lowest BCUT2D eigenvalue weighted by molar-refractivity contribution is 0.0129. The minimum Gasteiger partial charge on any atom is -0.378 e. The molecule has 2 rings (SSSR count). The van der Waals surface area contributed by atoms with Crippen LogP contribution in [0.3, 0.4) is 0 Å². The Hall–Kier alpha value is -1.11. The van der Waals surface area contributed by atoms with Crippen molar-refractivity contribution in [2.75, 3.05) is 39.1 Å². The summed E-state index contributed by atoms with van der Waals surface area (Å²) in [6, 6.07) is 7.94. The summed E-state index contributed by atoms with van der Waals surface area (Å²) >= 11 is 3.42. The van der Waals surface area contributed by atoms with E-state index in [1.807, 2.05) is 36.2 Å². The van der Waals surface area contributed by atoms with Gasteiger partial charge in [-0.15, -0.1) is 0 Å². The maximum Gasteiger partial charge on any atom is 0.321 e. The molecule has 1 aromatic rings. The van der Waals surface area contributed by atoms with E-state index < -0.39 is 0 Å². The molecule has 1 saturated carbocycles. The first-order chi connectivity index (χ1) is 15.0. The molecule has 0 saturated heterocycles. The molecule has 1 aliphatic carbocycles. The standard InChI is InChI=1S/C25H42BrN3O2/c1-4-5-7-18-28(2)19-8-6-9-20-31-24-16-14-23(15-17-24)29(3)25(30)27-22-12-10-21(26)11-13-22/h10-13,23-24H,4-9,14-20H2,1-3H3,(H,27,30)/t23-,24-. The van der Waals surface area contributed by atoms with Gasteiger partial charge in [0.25, 0.3) is 0 Å². The third kappa shape index (κ3) is 10.4. The van der Waals surface area contributed by atoms with Crippen molar-refractivity contribution < 1.29 is 9.53 Å². The zero-order valence-corrected chi connectivity index (χ0v) is 21.3. The van der Waals surface area contributed by atoms with E-state index in [-0.39, 0.29) is 6.03 Å². The number of urea groups is 1. The molecule has 0 heterocycles. The number of carbonyl (C=O) groups excluding carboxylic acids is 1. The lowest BCUT2D eigenvalue weighted by Gasteiger charge is -2.34. The largest absolute Gasteiger partial charge is 0.378 e. The van der Waals surface area contributed by atoms with Crippen LogP contribution in [0.1, 0.15) is 71.1 Å². The Morgan fingerprint density at radius 3 is 2.29 bits per heavy atom. The fraction of sp³-hybridized carbons (Fsp3) is 0.720. The first-order valence-corrected chi connectivity index (χ1v) is 12.9. The zero-order valence-electron chi connectivity index (χ0n) is 19.7. The van der Waals surface area contributed by atoms with Crippen LogP contribution in [0, 0.1) is 0 Å². The molecule has 176 valence electrons. The van der Waals surface area contributed by atoms with E-state index in [0.717, 1.165) is 48.9 Å². The van der Waals surface area contributed by atoms with Crippen LogP contribution in [0.2, 0.25) is 0 Å². The van der Waals surface area contributed by atoms with Gasteiger partial charge in [0.1, 0.15) is 0 Å². The lowest BCUT2D eigenvalue weighted by Crippen LogP contribution is -2.42. The highest BCUT2D eigenvalue weighted by molar-refractivity contribution is 9.10. The first kappa shape index (κ1) is 26.1. The van der Waals surface area contributed by atoms with Crippen LogP contribution in [0.4, 0.5) is 10.5 Å². The van der Waals surface area contributed by atoms with Crippen LogP contribution >= 0.6 is 15.9 Å². The molecule has 6 heteroatoms. The summed E-state index contributed by atoms with van der Waals surface area (Å²) in [6.45, 7) is 5.55. The molecule has 1 fully saturated rings. The van der Waals surface area contributed by atoms with Crippen LogP contribution in [0.25, 0.3) is 0 Å². The quantitative estimate of drug-likeness (QED) is 0.316. The molecule has 0 atom stereocenters. The average molecular weight is 497 g/mol. The van der Waals surface area contributed by atoms with E-state index in [1.54, 1.807) is 0 Å². The second-order valence-corrected chi connectivity index (χ2v) is 9.84. The van der Waals surface area contributed by atoms with Gasteiger partial charge in [0, 0.05) is 29.9 Å². The molecule has 2 amide bonds. The predicted octanol–water partition coefficient (Wildman–Crippen LogP) is 6.53. The maximum absolute atomic E-state index is 12.5. The summed E-state index contributed by atoms with van der Waals surface area (Å²) in [7, 11) is 4.14. The van der Waals surface area contributed by atoms with Crippen LogP contribution in [-0.2, 0) is 4.74 Å². The Morgan fingerprint density at radius 2 is 1.65 bits per heavy atom. The number of carbonyl (C=O) groups is 1. The minimum atomic E-state index is -0.0358. The molecule has 0 radical (unpaired) electrons. The molecule has 1 aliphatic rings. The summed E-state index contributed by atoms with van der Waals surface area (Å²) < 4.78 is 7.13. The molecule has 31 heavy (non-hydrogen) atoms. The van der Waals surface area contributed by atoms with Gasteiger partial charge in [-0.3, -0.25) is 0 Å². The molecule has 0 aliphatic heterocycles. The van der Waals surface area contributed by atoms with Gasteiger partial charge in [-0.2, -0.15) is 0 Å². The number of hydrogen-bond acceptors (Lipinski definition) is 3. The monoisotopic (exact) mass is 495 g/mol. The van der Waals surface area contributed by atoms with Crippen LogP contribution in [-0.4, -0.2) is 61.8 Å². The summed E-state index contributed by atoms with van der Waals surface area (Å²) in [5.74, 6) is 0. The third-order valence-electron chi connectivity index (χ3n) is 6.29. The van der Waals surface area contributed by atoms with Crippen LogP contribution in [0.15, 0.2) is 28.7 Å². The fourth-order valence-corrected chi connectivity index (χ4v) is 4.43. The topological polar surface area (TPSA) is 44.8 Å². The van der Waals surface area contributed by atoms with Gasteiger partial charge >= 0.3 is 6.03 Å². The van der Waals surface area contributed by atoms with E-state index in [9.17, 15) is 4.79 Å². The SMILES string of the molecule is CCCCCN(C)CCCCCO[C@H]1CC[C@H](N(C)C(=O)Nc2ccc(Br)cc2)CC1. The van der Waals surface area contributed by atoms with Crippen molar-refractivity contribution in [3.8, 4) is 0 Å². The van der Waals surface area contributed by atoms with Gasteiger partial charge in [0.15, 0.2) is 0 Å². The Kier molecular flexibility index (Phi) is 12.5. The normalized spacial score (nSPS) is 18.9. The summed E-state index contributed by atoms with van der Waals surface area (Å²) in [4.78, 5) is 16.9. The Balaban J connectivity index is 1.53. The number of halogens is 1. The van der Waals surface area contributed by atoms with Crippen LogP contribution < -0.4 is 5.32 Å². The van der Waals surface area contributed by atoms with Crippen molar-refractivity contribution in [1.82, 2.24) is 9.80 Å². The number of rotatable bonds is 13. The maximum atomic E-state index is 12.5. The molecule has 1 N–H and O–H groups in total. The molecular weight excluding hydrogens is 454 g/mol. The van der Waals surface area contributed by atoms with Gasteiger partial charge in [-0.25, -0.2) is 4.79 Å². The number of nitrogens with zero attached hydrogens (tertiary/aromatic N) is 2. The smallest absolute Gasteiger partial charge is 0.321 e. The average Bonchev–Trinajstić information content (AvgIpc) is 2.77. The van der Waals surface area contributed by atoms with Crippen molar-refractivity contribution in [2.45, 2.75) is 83.3 Å². The van der Waals surface area contributed by atoms with Crippen molar-refractivity contribution in [2.24, 2.45) is 0 Å². The van der Waals surface area contributed by atoms with Gasteiger partial charge in [0.2, 0.25) is 0 Å². The fourth-order valence-electron chi connectivity index (χ4n) is 4.16. The summed E-state index contributed by atoms with van der Waals surface area (Å²) in [5, 5.41) is 2.98. The third-order valence-corrected chi connectivity index (χ3v) is 6.82. The number of nitrogens with one attached hydrogen (secondary N) is 1. The number of amides is 2. The number of benzene rings is 1. The molecule has 1 aromatic carbocycles. The highest BCUT2D eigenvalue weighted by Crippen LogP contribution is 2.25. The Morgan fingerprint density at radius 1 is 1.00 bits per heavy atom. The van der Waals surface area contributed by atoms with Gasteiger partial charge in [0.05, 0.1) is 6.10 Å². The second-order valence-electron chi connectivity index (χ2n) is 8.92. The summed E-state index contributed by atoms with van der Waals surface area (Å²) in [6.07, 6.45) is 12.1. The molecule has 0 unspecified atom stereocenters. The minimum absolute atomic E-state index is 0.0358. The van der Waals surface area contributed by atoms with E-state index in [2.05, 4.69) is 40.1 Å². The van der Waals surface area contributed by atoms with Crippen molar-refractivity contribution >= 4 is 27.6 Å². The molecule has 0 bridgehead atoms. The van der Waals surface area contributed by atoms with Gasteiger partial charge in [-0.1, -0.05) is 35.7 Å². The van der Waals surface area contributed by atoms with Gasteiger partial charge < -0.3 is 19.9 Å².